The Morgan fingerprint density at radius 2 is 1.56 bits per heavy atom. The molecule has 2 aromatic carbocycles. The number of ether oxygens (including phenoxy) is 3. The number of aliphatic carboxylic acids is 1. The number of benzene rings is 2. The molecule has 0 radical (unpaired) electrons. The van der Waals surface area contributed by atoms with Crippen molar-refractivity contribution >= 4 is 40.4 Å². The van der Waals surface area contributed by atoms with Gasteiger partial charge in [0.1, 0.15) is 22.8 Å². The lowest BCUT2D eigenvalue weighted by molar-refractivity contribution is -0.138. The topological polar surface area (TPSA) is 127 Å². The first-order chi connectivity index (χ1) is 18.1. The van der Waals surface area contributed by atoms with Crippen molar-refractivity contribution in [1.29, 1.82) is 0 Å². The third kappa shape index (κ3) is 7.34. The number of fused-ring (bicyclic) bond motifs is 1. The van der Waals surface area contributed by atoms with Gasteiger partial charge in [0.2, 0.25) is 0 Å². The molecular formula is C28H32FN3O7. The molecule has 0 spiro atoms. The third-order valence-corrected chi connectivity index (χ3v) is 5.18. The molecular weight excluding hydrogens is 509 g/mol. The molecule has 39 heavy (non-hydrogen) atoms. The van der Waals surface area contributed by atoms with Crippen LogP contribution in [0, 0.1) is 5.82 Å². The van der Waals surface area contributed by atoms with Gasteiger partial charge in [-0.2, -0.15) is 4.90 Å². The Kier molecular flexibility index (Phi) is 8.33. The number of pyridine rings is 1. The molecule has 208 valence electrons. The molecule has 1 atom stereocenters. The van der Waals surface area contributed by atoms with Crippen LogP contribution in [0.2, 0.25) is 0 Å². The smallest absolute Gasteiger partial charge is 0.425 e. The van der Waals surface area contributed by atoms with E-state index in [1.54, 1.807) is 59.7 Å². The van der Waals surface area contributed by atoms with Crippen LogP contribution >= 0.6 is 0 Å². The number of carboxylic acid groups (broad SMARTS) is 1. The van der Waals surface area contributed by atoms with Gasteiger partial charge in [-0.15, -0.1) is 0 Å². The van der Waals surface area contributed by atoms with Crippen molar-refractivity contribution in [2.45, 2.75) is 58.8 Å². The molecule has 0 bridgehead atoms. The zero-order valence-electron chi connectivity index (χ0n) is 22.9. The number of nitrogens with zero attached hydrogens (tertiary/aromatic N) is 2. The second kappa shape index (κ2) is 11.1. The molecule has 1 heterocycles. The molecule has 0 aliphatic rings. The number of carbonyl (C=O) groups excluding carboxylic acids is 2. The highest BCUT2D eigenvalue weighted by atomic mass is 19.1. The van der Waals surface area contributed by atoms with Gasteiger partial charge in [-0.3, -0.25) is 0 Å². The Labute approximate surface area is 225 Å². The van der Waals surface area contributed by atoms with Crippen molar-refractivity contribution in [3.8, 4) is 5.75 Å². The van der Waals surface area contributed by atoms with Crippen LogP contribution in [-0.4, -0.2) is 46.6 Å². The summed E-state index contributed by atoms with van der Waals surface area (Å²) in [5.41, 5.74) is -1.57. The molecule has 3 rings (SSSR count). The zero-order valence-corrected chi connectivity index (χ0v) is 22.9. The third-order valence-electron chi connectivity index (χ3n) is 5.18. The van der Waals surface area contributed by atoms with Crippen LogP contribution in [0.25, 0.3) is 10.8 Å². The van der Waals surface area contributed by atoms with Crippen LogP contribution in [0.5, 0.6) is 5.75 Å². The minimum Gasteiger partial charge on any atom is -0.497 e. The number of hydrogen-bond donors (Lipinski definition) is 2. The number of carboxylic acids is 1. The van der Waals surface area contributed by atoms with Crippen LogP contribution in [0.15, 0.2) is 48.7 Å². The fourth-order valence-electron chi connectivity index (χ4n) is 3.60. The zero-order chi connectivity index (χ0) is 29.1. The predicted octanol–water partition coefficient (Wildman–Crippen LogP) is 6.30. The van der Waals surface area contributed by atoms with Gasteiger partial charge >= 0.3 is 18.2 Å². The number of methoxy groups -OCH3 is 1. The van der Waals surface area contributed by atoms with Crippen molar-refractivity contribution < 1.29 is 38.1 Å². The molecule has 0 aliphatic heterocycles. The van der Waals surface area contributed by atoms with Crippen LogP contribution in [0.1, 0.15) is 53.1 Å². The van der Waals surface area contributed by atoms with E-state index in [1.165, 1.54) is 31.5 Å². The van der Waals surface area contributed by atoms with Crippen molar-refractivity contribution in [1.82, 2.24) is 4.98 Å². The van der Waals surface area contributed by atoms with Gasteiger partial charge in [-0.25, -0.2) is 23.8 Å². The fourth-order valence-corrected chi connectivity index (χ4v) is 3.60. The van der Waals surface area contributed by atoms with Gasteiger partial charge in [0.25, 0.3) is 0 Å². The van der Waals surface area contributed by atoms with E-state index in [9.17, 15) is 23.9 Å². The number of imide groups is 1. The van der Waals surface area contributed by atoms with Gasteiger partial charge in [0.05, 0.1) is 7.11 Å². The Morgan fingerprint density at radius 3 is 2.10 bits per heavy atom. The van der Waals surface area contributed by atoms with Gasteiger partial charge in [0.15, 0.2) is 11.9 Å². The van der Waals surface area contributed by atoms with Crippen molar-refractivity contribution in [2.24, 2.45) is 0 Å². The summed E-state index contributed by atoms with van der Waals surface area (Å²) < 4.78 is 30.5. The van der Waals surface area contributed by atoms with E-state index in [-0.39, 0.29) is 11.4 Å². The first-order valence-electron chi connectivity index (χ1n) is 12.1. The number of halogens is 1. The SMILES string of the molecule is COc1ccc(F)c(C(Nc2ccc3c(N(C(=O)OC(C)(C)C)C(=O)OC(C)(C)C)nccc3c2)C(=O)O)c1. The average Bonchev–Trinajstić information content (AvgIpc) is 2.80. The fraction of sp³-hybridized carbons (Fsp3) is 0.357. The quantitative estimate of drug-likeness (QED) is 0.370. The molecule has 2 N–H and O–H groups in total. The lowest BCUT2D eigenvalue weighted by atomic mass is 10.0. The minimum atomic E-state index is -1.43. The molecule has 0 aliphatic carbocycles. The molecule has 3 aromatic rings. The van der Waals surface area contributed by atoms with E-state index in [4.69, 9.17) is 14.2 Å². The molecule has 0 fully saturated rings. The monoisotopic (exact) mass is 541 g/mol. The summed E-state index contributed by atoms with van der Waals surface area (Å²) in [6.45, 7) is 9.98. The van der Waals surface area contributed by atoms with Gasteiger partial charge < -0.3 is 24.6 Å². The number of rotatable bonds is 6. The molecule has 1 unspecified atom stereocenters. The highest BCUT2D eigenvalue weighted by molar-refractivity contribution is 6.14. The average molecular weight is 542 g/mol. The van der Waals surface area contributed by atoms with Crippen LogP contribution < -0.4 is 15.0 Å². The number of nitrogens with one attached hydrogen (secondary N) is 1. The molecule has 11 heteroatoms. The Balaban J connectivity index is 2.05. The van der Waals surface area contributed by atoms with Crippen molar-refractivity contribution in [2.75, 3.05) is 17.3 Å². The number of hydrogen-bond acceptors (Lipinski definition) is 8. The van der Waals surface area contributed by atoms with E-state index in [0.717, 1.165) is 11.0 Å². The lowest BCUT2D eigenvalue weighted by Crippen LogP contribution is -2.44. The van der Waals surface area contributed by atoms with E-state index in [2.05, 4.69) is 10.3 Å². The van der Waals surface area contributed by atoms with Crippen LogP contribution in [0.4, 0.5) is 25.5 Å². The van der Waals surface area contributed by atoms with Crippen LogP contribution in [-0.2, 0) is 14.3 Å². The Hall–Kier alpha value is -4.41. The molecule has 2 amide bonds. The number of amides is 2. The summed E-state index contributed by atoms with van der Waals surface area (Å²) in [6, 6.07) is 8.70. The molecule has 1 aromatic heterocycles. The molecule has 10 nitrogen and oxygen atoms in total. The largest absolute Gasteiger partial charge is 0.497 e. The van der Waals surface area contributed by atoms with E-state index in [1.807, 2.05) is 0 Å². The first kappa shape index (κ1) is 29.2. The van der Waals surface area contributed by atoms with Crippen molar-refractivity contribution in [3.63, 3.8) is 0 Å². The maximum atomic E-state index is 14.5. The maximum Gasteiger partial charge on any atom is 0.425 e. The Morgan fingerprint density at radius 1 is 0.949 bits per heavy atom. The second-order valence-corrected chi connectivity index (χ2v) is 10.7. The van der Waals surface area contributed by atoms with Gasteiger partial charge in [-0.1, -0.05) is 0 Å². The number of carbonyl (C=O) groups is 3. The van der Waals surface area contributed by atoms with Gasteiger partial charge in [0, 0.05) is 22.8 Å². The predicted molar refractivity (Wildman–Crippen MR) is 144 cm³/mol. The highest BCUT2D eigenvalue weighted by Gasteiger charge is 2.34. The van der Waals surface area contributed by atoms with Crippen LogP contribution in [0.3, 0.4) is 0 Å². The van der Waals surface area contributed by atoms with E-state index >= 15 is 0 Å². The summed E-state index contributed by atoms with van der Waals surface area (Å²) in [4.78, 5) is 43.2. The molecule has 0 saturated carbocycles. The summed E-state index contributed by atoms with van der Waals surface area (Å²) in [6.07, 6.45) is -0.559. The normalized spacial score (nSPS) is 12.4. The summed E-state index contributed by atoms with van der Waals surface area (Å²) >= 11 is 0. The summed E-state index contributed by atoms with van der Waals surface area (Å²) in [5, 5.41) is 13.5. The van der Waals surface area contributed by atoms with Crippen molar-refractivity contribution in [3.05, 3.63) is 60.0 Å². The van der Waals surface area contributed by atoms with E-state index in [0.29, 0.717) is 22.2 Å². The molecule has 0 saturated heterocycles. The van der Waals surface area contributed by atoms with E-state index < -0.39 is 41.2 Å². The minimum absolute atomic E-state index is 0.0313. The Bertz CT molecular complexity index is 1370. The second-order valence-electron chi connectivity index (χ2n) is 10.7. The highest BCUT2D eigenvalue weighted by Crippen LogP contribution is 2.32. The van der Waals surface area contributed by atoms with Gasteiger partial charge in [-0.05, 0) is 89.4 Å². The number of aromatic nitrogens is 1. The standard InChI is InChI=1S/C28H32FN3O7/c1-27(2,3)38-25(35)32(26(36)39-28(4,5)6)23-19-10-8-17(14-16(19)12-13-30-23)31-22(24(33)34)20-15-18(37-7)9-11-21(20)29/h8-15,22,31H,1-7H3,(H,33,34). The number of anilines is 2. The summed E-state index contributed by atoms with van der Waals surface area (Å²) in [5.74, 6) is -1.75. The maximum absolute atomic E-state index is 14.5. The lowest BCUT2D eigenvalue weighted by Gasteiger charge is -2.28. The summed E-state index contributed by atoms with van der Waals surface area (Å²) in [7, 11) is 1.40. The first-order valence-corrected chi connectivity index (χ1v) is 12.1.